The Morgan fingerprint density at radius 2 is 0.964 bits per heavy atom. The largest absolute Gasteiger partial charge is 0.392 e. The molecule has 0 bridgehead atoms. The molecular formula is C51H71F2NO2. The second-order valence-electron chi connectivity index (χ2n) is 16.3. The van der Waals surface area contributed by atoms with Gasteiger partial charge in [0, 0.05) is 18.0 Å². The molecule has 0 aliphatic carbocycles. The number of pyridine rings is 1. The van der Waals surface area contributed by atoms with Crippen LogP contribution < -0.4 is 0 Å². The van der Waals surface area contributed by atoms with Crippen molar-refractivity contribution < 1.29 is 19.0 Å². The quantitative estimate of drug-likeness (QED) is 0.173. The molecule has 1 aromatic heterocycles. The van der Waals surface area contributed by atoms with Crippen molar-refractivity contribution in [1.82, 2.24) is 4.98 Å². The smallest absolute Gasteiger partial charge is 0.129 e. The van der Waals surface area contributed by atoms with Gasteiger partial charge in [-0.15, -0.1) is 0 Å². The average Bonchev–Trinajstić information content (AvgIpc) is 3.12. The summed E-state index contributed by atoms with van der Waals surface area (Å²) in [6.45, 7) is 31.2. The maximum atomic E-state index is 13.3. The van der Waals surface area contributed by atoms with E-state index in [1.54, 1.807) is 12.1 Å². The minimum atomic E-state index is -0.300. The molecule has 56 heavy (non-hydrogen) atoms. The second kappa shape index (κ2) is 25.1. The molecule has 5 heteroatoms. The zero-order valence-electron chi connectivity index (χ0n) is 37.1. The summed E-state index contributed by atoms with van der Waals surface area (Å²) >= 11 is 0. The SMILES string of the molecule is Cc1cc(C(C)C)cc(F)c1CO.Cc1cc(C(C)C)ccc1CO.Cc1cc(F)cc(C(C)C)c1.Cc1cccc(C(C)C)c1.Cc1cncc(C(C)C)c1. The zero-order valence-corrected chi connectivity index (χ0v) is 37.1. The van der Waals surface area contributed by atoms with Crippen LogP contribution in [0.5, 0.6) is 0 Å². The van der Waals surface area contributed by atoms with Gasteiger partial charge in [0.1, 0.15) is 11.6 Å². The highest BCUT2D eigenvalue weighted by Crippen LogP contribution is 2.22. The summed E-state index contributed by atoms with van der Waals surface area (Å²) in [5.41, 5.74) is 13.2. The molecule has 0 aliphatic rings. The van der Waals surface area contributed by atoms with E-state index in [2.05, 4.69) is 117 Å². The first kappa shape index (κ1) is 49.8. The van der Waals surface area contributed by atoms with Crippen LogP contribution in [0.2, 0.25) is 0 Å². The summed E-state index contributed by atoms with van der Waals surface area (Å²) in [7, 11) is 0. The van der Waals surface area contributed by atoms with Crippen molar-refractivity contribution in [2.75, 3.05) is 0 Å². The number of aliphatic hydroxyl groups is 2. The molecule has 0 fully saturated rings. The minimum Gasteiger partial charge on any atom is -0.392 e. The maximum Gasteiger partial charge on any atom is 0.129 e. The van der Waals surface area contributed by atoms with Gasteiger partial charge in [-0.25, -0.2) is 8.78 Å². The van der Waals surface area contributed by atoms with Crippen LogP contribution in [0.1, 0.15) is 166 Å². The third kappa shape index (κ3) is 18.2. The van der Waals surface area contributed by atoms with E-state index in [-0.39, 0.29) is 24.8 Å². The van der Waals surface area contributed by atoms with Crippen molar-refractivity contribution in [2.24, 2.45) is 0 Å². The van der Waals surface area contributed by atoms with Crippen LogP contribution >= 0.6 is 0 Å². The van der Waals surface area contributed by atoms with E-state index in [0.29, 0.717) is 35.2 Å². The molecule has 0 spiro atoms. The summed E-state index contributed by atoms with van der Waals surface area (Å²) < 4.78 is 26.1. The number of aromatic nitrogens is 1. The number of halogens is 2. The van der Waals surface area contributed by atoms with Crippen molar-refractivity contribution >= 4 is 0 Å². The zero-order chi connectivity index (χ0) is 42.7. The van der Waals surface area contributed by atoms with Crippen LogP contribution in [0.25, 0.3) is 0 Å². The van der Waals surface area contributed by atoms with Gasteiger partial charge in [0.2, 0.25) is 0 Å². The molecule has 0 amide bonds. The van der Waals surface area contributed by atoms with E-state index in [9.17, 15) is 8.78 Å². The van der Waals surface area contributed by atoms with Crippen molar-refractivity contribution in [1.29, 1.82) is 0 Å². The van der Waals surface area contributed by atoms with Crippen molar-refractivity contribution in [3.05, 3.63) is 170 Å². The Morgan fingerprint density at radius 1 is 0.464 bits per heavy atom. The lowest BCUT2D eigenvalue weighted by molar-refractivity contribution is 0.274. The molecule has 0 unspecified atom stereocenters. The summed E-state index contributed by atoms with van der Waals surface area (Å²) in [5, 5.41) is 17.8. The number of hydrogen-bond acceptors (Lipinski definition) is 3. The number of rotatable bonds is 7. The summed E-state index contributed by atoms with van der Waals surface area (Å²) in [6, 6.07) is 25.7. The molecule has 0 aliphatic heterocycles. The molecular weight excluding hydrogens is 697 g/mol. The van der Waals surface area contributed by atoms with E-state index in [0.717, 1.165) is 27.8 Å². The number of aryl methyl sites for hydroxylation is 5. The number of benzene rings is 4. The highest BCUT2D eigenvalue weighted by Gasteiger charge is 2.09. The molecule has 0 saturated carbocycles. The number of aliphatic hydroxyl groups excluding tert-OH is 2. The fourth-order valence-electron chi connectivity index (χ4n) is 5.61. The summed E-state index contributed by atoms with van der Waals surface area (Å²) in [5.74, 6) is 2.11. The molecule has 0 atom stereocenters. The Morgan fingerprint density at radius 3 is 1.38 bits per heavy atom. The molecule has 3 nitrogen and oxygen atoms in total. The maximum absolute atomic E-state index is 13.3. The summed E-state index contributed by atoms with van der Waals surface area (Å²) in [6.07, 6.45) is 3.81. The van der Waals surface area contributed by atoms with Gasteiger partial charge in [-0.05, 0) is 138 Å². The highest BCUT2D eigenvalue weighted by molar-refractivity contribution is 5.34. The lowest BCUT2D eigenvalue weighted by Crippen LogP contribution is -1.98. The van der Waals surface area contributed by atoms with E-state index in [1.165, 1.54) is 39.4 Å². The van der Waals surface area contributed by atoms with Gasteiger partial charge in [-0.1, -0.05) is 135 Å². The predicted molar refractivity (Wildman–Crippen MR) is 236 cm³/mol. The van der Waals surface area contributed by atoms with Gasteiger partial charge in [0.15, 0.2) is 0 Å². The van der Waals surface area contributed by atoms with E-state index in [1.807, 2.05) is 65.2 Å². The normalized spacial score (nSPS) is 10.6. The Bertz CT molecular complexity index is 1800. The monoisotopic (exact) mass is 768 g/mol. The fraction of sp³-hybridized carbons (Fsp3) is 0.431. The highest BCUT2D eigenvalue weighted by atomic mass is 19.1. The number of nitrogens with zero attached hydrogens (tertiary/aromatic N) is 1. The molecule has 0 saturated heterocycles. The minimum absolute atomic E-state index is 0.131. The standard InChI is InChI=1S/C11H15FO.C11H16O.C10H13F.C10H14.C9H13N/c1-7(2)9-4-8(3)10(6-13)11(12)5-9;1-8(2)10-4-5-11(7-12)9(3)6-10;1-7(2)9-4-8(3)5-10(11)6-9;1-8(2)10-6-4-5-9(3)7-10;1-7(2)9-4-8(3)5-10-6-9/h4-5,7,13H,6H2,1-3H3;4-6,8,12H,7H2,1-3H3;4-7H,1-3H3;4-8H,1-3H3;4-7H,1-3H3. The van der Waals surface area contributed by atoms with Crippen LogP contribution in [0.4, 0.5) is 8.78 Å². The molecule has 5 rings (SSSR count). The molecule has 5 aromatic rings. The Balaban J connectivity index is 0.000000351. The number of hydrogen-bond donors (Lipinski definition) is 2. The van der Waals surface area contributed by atoms with Crippen LogP contribution in [0.3, 0.4) is 0 Å². The molecule has 0 radical (unpaired) electrons. The van der Waals surface area contributed by atoms with Crippen LogP contribution in [-0.4, -0.2) is 15.2 Å². The fourth-order valence-corrected chi connectivity index (χ4v) is 5.61. The van der Waals surface area contributed by atoms with Gasteiger partial charge in [-0.3, -0.25) is 4.98 Å². The first-order valence-electron chi connectivity index (χ1n) is 20.1. The van der Waals surface area contributed by atoms with Crippen molar-refractivity contribution in [3.63, 3.8) is 0 Å². The van der Waals surface area contributed by atoms with Gasteiger partial charge >= 0.3 is 0 Å². The van der Waals surface area contributed by atoms with Crippen LogP contribution in [0.15, 0.2) is 91.3 Å². The van der Waals surface area contributed by atoms with Gasteiger partial charge in [0.05, 0.1) is 13.2 Å². The van der Waals surface area contributed by atoms with E-state index < -0.39 is 0 Å². The molecule has 4 aromatic carbocycles. The van der Waals surface area contributed by atoms with E-state index >= 15 is 0 Å². The van der Waals surface area contributed by atoms with Gasteiger partial charge in [0.25, 0.3) is 0 Å². The van der Waals surface area contributed by atoms with Crippen molar-refractivity contribution in [2.45, 2.75) is 147 Å². The molecule has 2 N–H and O–H groups in total. The first-order chi connectivity index (χ1) is 26.2. The second-order valence-corrected chi connectivity index (χ2v) is 16.3. The van der Waals surface area contributed by atoms with Crippen LogP contribution in [-0.2, 0) is 13.2 Å². The molecule has 306 valence electrons. The molecule has 1 heterocycles. The summed E-state index contributed by atoms with van der Waals surface area (Å²) in [4.78, 5) is 4.11. The first-order valence-corrected chi connectivity index (χ1v) is 20.1. The lowest BCUT2D eigenvalue weighted by atomic mass is 9.98. The Hall–Kier alpha value is -4.19. The van der Waals surface area contributed by atoms with Crippen molar-refractivity contribution in [3.8, 4) is 0 Å². The van der Waals surface area contributed by atoms with Gasteiger partial charge < -0.3 is 10.2 Å². The third-order valence-electron chi connectivity index (χ3n) is 9.47. The third-order valence-corrected chi connectivity index (χ3v) is 9.47. The van der Waals surface area contributed by atoms with E-state index in [4.69, 9.17) is 10.2 Å². The average molecular weight is 768 g/mol. The Kier molecular flexibility index (Phi) is 22.4. The Labute approximate surface area is 339 Å². The van der Waals surface area contributed by atoms with Crippen LogP contribution in [0, 0.1) is 46.3 Å². The topological polar surface area (TPSA) is 53.4 Å². The van der Waals surface area contributed by atoms with Gasteiger partial charge in [-0.2, -0.15) is 0 Å². The predicted octanol–water partition coefficient (Wildman–Crippen LogP) is 14.2. The lowest BCUT2D eigenvalue weighted by Gasteiger charge is -2.10.